The van der Waals surface area contributed by atoms with E-state index >= 15 is 0 Å². The van der Waals surface area contributed by atoms with Crippen LogP contribution in [0.15, 0.2) is 54.6 Å². The predicted molar refractivity (Wildman–Crippen MR) is 166 cm³/mol. The van der Waals surface area contributed by atoms with Crippen LogP contribution in [0.4, 0.5) is 20.6 Å². The Kier molecular flexibility index (Phi) is 8.65. The first-order valence-electron chi connectivity index (χ1n) is 14.3. The fourth-order valence-corrected chi connectivity index (χ4v) is 9.53. The van der Waals surface area contributed by atoms with Gasteiger partial charge in [-0.3, -0.25) is 9.69 Å². The molecule has 1 unspecified atom stereocenters. The average molecular weight is 596 g/mol. The molecule has 2 aliphatic heterocycles. The van der Waals surface area contributed by atoms with E-state index in [1.165, 1.54) is 12.1 Å². The van der Waals surface area contributed by atoms with Gasteiger partial charge in [-0.25, -0.2) is 9.18 Å². The summed E-state index contributed by atoms with van der Waals surface area (Å²) in [7, 11) is -2.45. The van der Waals surface area contributed by atoms with Gasteiger partial charge in [-0.1, -0.05) is 32.0 Å². The Morgan fingerprint density at radius 3 is 2.36 bits per heavy atom. The van der Waals surface area contributed by atoms with Crippen LogP contribution in [0, 0.1) is 5.82 Å². The maximum atomic E-state index is 14.2. The number of ether oxygens (including phenoxy) is 2. The number of benzene rings is 3. The smallest absolute Gasteiger partial charge is 0.349 e. The molecule has 2 aliphatic rings. The number of anilines is 2. The molecular formula is C32H38FN3O5S. The zero-order valence-corrected chi connectivity index (χ0v) is 25.2. The van der Waals surface area contributed by atoms with Gasteiger partial charge < -0.3 is 25.2 Å². The first-order chi connectivity index (χ1) is 20.2. The lowest BCUT2D eigenvalue weighted by Gasteiger charge is -2.39. The van der Waals surface area contributed by atoms with E-state index in [4.69, 9.17) is 9.47 Å². The van der Waals surface area contributed by atoms with Crippen LogP contribution in [-0.2, 0) is 17.6 Å². The highest BCUT2D eigenvalue weighted by atomic mass is 32.3. The lowest BCUT2D eigenvalue weighted by atomic mass is 10.0. The molecule has 0 aromatic heterocycles. The Morgan fingerprint density at radius 2 is 1.74 bits per heavy atom. The van der Waals surface area contributed by atoms with Gasteiger partial charge in [0.05, 0.1) is 24.2 Å². The summed E-state index contributed by atoms with van der Waals surface area (Å²) in [6.45, 7) is 7.01. The maximum absolute atomic E-state index is 14.2. The summed E-state index contributed by atoms with van der Waals surface area (Å²) in [6.07, 6.45) is 2.98. The molecule has 3 N–H and O–H groups in total. The van der Waals surface area contributed by atoms with Crippen LogP contribution in [0.25, 0.3) is 0 Å². The molecule has 224 valence electrons. The molecule has 1 fully saturated rings. The van der Waals surface area contributed by atoms with Crippen LogP contribution in [0.1, 0.15) is 53.6 Å². The lowest BCUT2D eigenvalue weighted by Crippen LogP contribution is -2.34. The zero-order chi connectivity index (χ0) is 30.0. The fraction of sp³-hybridized carbons (Fsp3) is 0.375. The summed E-state index contributed by atoms with van der Waals surface area (Å²) in [5, 5.41) is 15.3. The van der Waals surface area contributed by atoms with E-state index in [1.54, 1.807) is 0 Å². The van der Waals surface area contributed by atoms with Crippen molar-refractivity contribution in [3.05, 3.63) is 82.7 Å². The molecular weight excluding hydrogens is 557 g/mol. The number of carbonyl (C=O) groups is 2. The van der Waals surface area contributed by atoms with Crippen LogP contribution >= 0.6 is 10.0 Å². The number of rotatable bonds is 9. The van der Waals surface area contributed by atoms with Crippen molar-refractivity contribution in [1.82, 2.24) is 4.90 Å². The molecule has 10 heteroatoms. The van der Waals surface area contributed by atoms with Crippen molar-refractivity contribution < 1.29 is 28.6 Å². The molecule has 3 aromatic carbocycles. The topological polar surface area (TPSA) is 100 Å². The highest BCUT2D eigenvalue weighted by Gasteiger charge is 2.53. The van der Waals surface area contributed by atoms with E-state index in [9.17, 15) is 19.1 Å². The number of fused-ring (bicyclic) bond motifs is 1. The zero-order valence-electron chi connectivity index (χ0n) is 24.4. The third kappa shape index (κ3) is 5.53. The van der Waals surface area contributed by atoms with E-state index < -0.39 is 20.7 Å². The summed E-state index contributed by atoms with van der Waals surface area (Å²) < 4.78 is 25.6. The summed E-state index contributed by atoms with van der Waals surface area (Å²) in [6, 6.07) is 16.2. The van der Waals surface area contributed by atoms with Crippen molar-refractivity contribution in [2.75, 3.05) is 43.3 Å². The number of aryl methyl sites for hydroxylation is 2. The van der Waals surface area contributed by atoms with Crippen LogP contribution in [0.2, 0.25) is 0 Å². The number of carboxylic acid groups (broad SMARTS) is 1. The van der Waals surface area contributed by atoms with Crippen molar-refractivity contribution in [1.29, 1.82) is 0 Å². The summed E-state index contributed by atoms with van der Waals surface area (Å²) in [5.41, 5.74) is 4.66. The average Bonchev–Trinajstić information content (AvgIpc) is 3.56. The Hall–Kier alpha value is -3.76. The molecule has 1 amide bonds. The van der Waals surface area contributed by atoms with Crippen molar-refractivity contribution in [2.45, 2.75) is 44.2 Å². The molecule has 5 rings (SSSR count). The van der Waals surface area contributed by atoms with Crippen LogP contribution in [-0.4, -0.2) is 53.9 Å². The highest BCUT2D eigenvalue weighted by Crippen LogP contribution is 2.73. The minimum atomic E-state index is -2.45. The number of nitrogens with one attached hydrogen (secondary N) is 2. The van der Waals surface area contributed by atoms with E-state index in [2.05, 4.69) is 10.6 Å². The van der Waals surface area contributed by atoms with Crippen LogP contribution < -0.4 is 20.1 Å². The number of halogens is 1. The highest BCUT2D eigenvalue weighted by molar-refractivity contribution is 8.44. The van der Waals surface area contributed by atoms with E-state index in [0.717, 1.165) is 27.9 Å². The molecule has 3 aromatic rings. The van der Waals surface area contributed by atoms with Crippen molar-refractivity contribution in [3.8, 4) is 11.5 Å². The lowest BCUT2D eigenvalue weighted by molar-refractivity contribution is -0.117. The van der Waals surface area contributed by atoms with Gasteiger partial charge in [-0.2, -0.15) is 0 Å². The summed E-state index contributed by atoms with van der Waals surface area (Å²) in [5.74, 6) is 0.806. The molecule has 0 saturated carbocycles. The molecule has 1 saturated heterocycles. The van der Waals surface area contributed by atoms with Crippen LogP contribution in [0.3, 0.4) is 0 Å². The molecule has 0 radical (unpaired) electrons. The van der Waals surface area contributed by atoms with Gasteiger partial charge in [0.1, 0.15) is 17.3 Å². The van der Waals surface area contributed by atoms with E-state index in [0.29, 0.717) is 49.9 Å². The van der Waals surface area contributed by atoms with Crippen molar-refractivity contribution in [3.63, 3.8) is 0 Å². The molecule has 0 aliphatic carbocycles. The van der Waals surface area contributed by atoms with Gasteiger partial charge >= 0.3 is 5.30 Å². The number of hydrogen-bond acceptors (Lipinski definition) is 6. The number of hydrogen-bond donors (Lipinski definition) is 3. The number of carbonyl (C=O) groups excluding carboxylic acids is 1. The Bertz CT molecular complexity index is 1460. The number of nitrogens with zero attached hydrogens (tertiary/aromatic N) is 1. The van der Waals surface area contributed by atoms with Gasteiger partial charge in [0, 0.05) is 17.5 Å². The monoisotopic (exact) mass is 595 g/mol. The molecule has 8 nitrogen and oxygen atoms in total. The minimum absolute atomic E-state index is 0.0169. The summed E-state index contributed by atoms with van der Waals surface area (Å²) >= 11 is 0. The largest absolute Gasteiger partial charge is 0.494 e. The molecule has 3 atom stereocenters. The normalized spacial score (nSPS) is 22.9. The van der Waals surface area contributed by atoms with Gasteiger partial charge in [-0.05, 0) is 84.7 Å². The third-order valence-corrected chi connectivity index (χ3v) is 12.0. The minimum Gasteiger partial charge on any atom is -0.494 e. The second-order valence-electron chi connectivity index (χ2n) is 10.7. The molecule has 0 bridgehead atoms. The van der Waals surface area contributed by atoms with Gasteiger partial charge in [0.25, 0.3) is 0 Å². The van der Waals surface area contributed by atoms with Gasteiger partial charge in [0.2, 0.25) is 5.91 Å². The quantitative estimate of drug-likeness (QED) is 0.247. The molecule has 42 heavy (non-hydrogen) atoms. The van der Waals surface area contributed by atoms with E-state index in [-0.39, 0.29) is 23.5 Å². The van der Waals surface area contributed by atoms with Gasteiger partial charge in [-0.15, -0.1) is 10.0 Å². The van der Waals surface area contributed by atoms with Crippen molar-refractivity contribution in [2.24, 2.45) is 0 Å². The second kappa shape index (κ2) is 12.2. The standard InChI is InChI=1S/C32H38FN3O5S/c1-5-20-14-24(33)15-21(6-2)30(20)35-29(37)18-36-17-28(23-10-13-26-27(16-23)41-19-34-26)42(4,32(38)39)31(36)22-8-11-25(12-9-22)40-7-3/h8-16,28,31,34H,5-7,17-19H2,1-4H3,(H,35,37)(H,38,39)/t28-,31-/m1/s1. The molecule has 2 heterocycles. The second-order valence-corrected chi connectivity index (χ2v) is 14.1. The number of amides is 1. The Labute approximate surface area is 247 Å². The first kappa shape index (κ1) is 29.7. The molecule has 0 spiro atoms. The SMILES string of the molecule is CCOc1ccc([C@@H]2N(CC(=O)Nc3c(CC)cc(F)cc3CC)C[C@H](c3ccc4c(c3)OCN4)S2(C)C(=O)O)cc1. The van der Waals surface area contributed by atoms with Crippen molar-refractivity contribution >= 4 is 32.6 Å². The Morgan fingerprint density at radius 1 is 1.07 bits per heavy atom. The predicted octanol–water partition coefficient (Wildman–Crippen LogP) is 6.92. The van der Waals surface area contributed by atoms with Crippen LogP contribution in [0.5, 0.6) is 11.5 Å². The maximum Gasteiger partial charge on any atom is 0.349 e. The van der Waals surface area contributed by atoms with Gasteiger partial charge in [0.15, 0.2) is 6.73 Å². The Balaban J connectivity index is 1.53. The summed E-state index contributed by atoms with van der Waals surface area (Å²) in [4.78, 5) is 28.8. The van der Waals surface area contributed by atoms with E-state index in [1.807, 2.05) is 74.4 Å². The fourth-order valence-electron chi connectivity index (χ4n) is 6.07. The first-order valence-corrected chi connectivity index (χ1v) is 16.4. The third-order valence-electron chi connectivity index (χ3n) is 8.15.